The number of nitrogens with zero attached hydrogens (tertiary/aromatic N) is 3. The van der Waals surface area contributed by atoms with Crippen molar-refractivity contribution >= 4 is 92.2 Å². The highest BCUT2D eigenvalue weighted by atomic mass is 32.1. The van der Waals surface area contributed by atoms with Crippen LogP contribution in [0.3, 0.4) is 0 Å². The number of hydrogen-bond donors (Lipinski definition) is 0. The van der Waals surface area contributed by atoms with E-state index in [1.807, 2.05) is 11.3 Å². The lowest BCUT2D eigenvalue weighted by Crippen LogP contribution is -2.10. The Bertz CT molecular complexity index is 3900. The van der Waals surface area contributed by atoms with Crippen LogP contribution in [-0.4, -0.2) is 9.13 Å². The highest BCUT2D eigenvalue weighted by Gasteiger charge is 2.21. The van der Waals surface area contributed by atoms with Gasteiger partial charge in [-0.25, -0.2) is 0 Å². The molecule has 0 bridgehead atoms. The minimum atomic E-state index is 1.09. The lowest BCUT2D eigenvalue weighted by molar-refractivity contribution is 1.18. The summed E-state index contributed by atoms with van der Waals surface area (Å²) in [5, 5.41) is 7.53. The van der Waals surface area contributed by atoms with E-state index < -0.39 is 0 Å². The Labute approximate surface area is 374 Å². The highest BCUT2D eigenvalue weighted by Crippen LogP contribution is 2.46. The second-order valence-corrected chi connectivity index (χ2v) is 17.6. The zero-order chi connectivity index (χ0) is 42.1. The zero-order valence-corrected chi connectivity index (χ0v) is 35.6. The van der Waals surface area contributed by atoms with Gasteiger partial charge in [0.25, 0.3) is 0 Å². The molecule has 3 nitrogen and oxygen atoms in total. The van der Waals surface area contributed by atoms with E-state index in [0.29, 0.717) is 0 Å². The number of aromatic nitrogens is 2. The zero-order valence-electron chi connectivity index (χ0n) is 34.8. The second kappa shape index (κ2) is 14.7. The van der Waals surface area contributed by atoms with E-state index in [4.69, 9.17) is 0 Å². The molecule has 64 heavy (non-hydrogen) atoms. The number of para-hydroxylation sites is 5. The van der Waals surface area contributed by atoms with Gasteiger partial charge < -0.3 is 14.0 Å². The summed E-state index contributed by atoms with van der Waals surface area (Å²) >= 11 is 1.88. The van der Waals surface area contributed by atoms with Gasteiger partial charge in [-0.15, -0.1) is 11.3 Å². The maximum atomic E-state index is 2.43. The van der Waals surface area contributed by atoms with Gasteiger partial charge in [-0.3, -0.25) is 0 Å². The van der Waals surface area contributed by atoms with Gasteiger partial charge in [-0.1, -0.05) is 140 Å². The molecule has 0 saturated heterocycles. The van der Waals surface area contributed by atoms with Gasteiger partial charge in [-0.05, 0) is 119 Å². The minimum Gasteiger partial charge on any atom is -0.310 e. The predicted molar refractivity (Wildman–Crippen MR) is 274 cm³/mol. The van der Waals surface area contributed by atoms with Crippen molar-refractivity contribution in [3.63, 3.8) is 0 Å². The molecule has 0 unspecified atom stereocenters. The Morgan fingerprint density at radius 3 is 1.59 bits per heavy atom. The molecule has 0 spiro atoms. The Morgan fingerprint density at radius 2 is 0.859 bits per heavy atom. The first-order valence-corrected chi connectivity index (χ1v) is 22.7. The summed E-state index contributed by atoms with van der Waals surface area (Å²) in [6.07, 6.45) is 0. The van der Waals surface area contributed by atoms with Gasteiger partial charge in [0.05, 0.1) is 22.1 Å². The quantitative estimate of drug-likeness (QED) is 0.156. The van der Waals surface area contributed by atoms with Crippen LogP contribution < -0.4 is 4.90 Å². The fourth-order valence-corrected chi connectivity index (χ4v) is 11.3. The highest BCUT2D eigenvalue weighted by molar-refractivity contribution is 7.26. The molecule has 13 aromatic rings. The first-order chi connectivity index (χ1) is 31.7. The van der Waals surface area contributed by atoms with Crippen molar-refractivity contribution in [3.05, 3.63) is 237 Å². The average molecular weight is 834 g/mol. The number of hydrogen-bond acceptors (Lipinski definition) is 2. The Balaban J connectivity index is 1.08. The smallest absolute Gasteiger partial charge is 0.0561 e. The van der Waals surface area contributed by atoms with Crippen LogP contribution >= 0.6 is 11.3 Å². The molecule has 0 radical (unpaired) electrons. The predicted octanol–water partition coefficient (Wildman–Crippen LogP) is 17.1. The first-order valence-electron chi connectivity index (χ1n) is 21.8. The maximum absolute atomic E-state index is 2.43. The van der Waals surface area contributed by atoms with Gasteiger partial charge >= 0.3 is 0 Å². The molecule has 3 aromatic heterocycles. The molecule has 4 heteroatoms. The van der Waals surface area contributed by atoms with Crippen LogP contribution in [0, 0.1) is 0 Å². The molecule has 0 aliphatic heterocycles. The fraction of sp³-hybridized carbons (Fsp3) is 0. The molecule has 0 saturated carbocycles. The van der Waals surface area contributed by atoms with E-state index in [9.17, 15) is 0 Å². The molecular weight excluding hydrogens is 795 g/mol. The third-order valence-corrected chi connectivity index (χ3v) is 14.1. The normalized spacial score (nSPS) is 11.8. The van der Waals surface area contributed by atoms with Crippen molar-refractivity contribution in [1.82, 2.24) is 9.13 Å². The average Bonchev–Trinajstić information content (AvgIpc) is 4.02. The van der Waals surface area contributed by atoms with Gasteiger partial charge in [-0.2, -0.15) is 0 Å². The van der Waals surface area contributed by atoms with Gasteiger partial charge in [0.15, 0.2) is 0 Å². The van der Waals surface area contributed by atoms with E-state index >= 15 is 0 Å². The number of rotatable bonds is 7. The molecule has 0 aliphatic rings. The van der Waals surface area contributed by atoms with Crippen LogP contribution in [0.4, 0.5) is 17.1 Å². The molecule has 300 valence electrons. The number of fused-ring (bicyclic) bond motifs is 9. The van der Waals surface area contributed by atoms with Crippen LogP contribution in [0.2, 0.25) is 0 Å². The van der Waals surface area contributed by atoms with Crippen molar-refractivity contribution in [2.75, 3.05) is 4.90 Å². The van der Waals surface area contributed by atoms with Gasteiger partial charge in [0.2, 0.25) is 0 Å². The van der Waals surface area contributed by atoms with Crippen LogP contribution in [-0.2, 0) is 0 Å². The molecule has 3 heterocycles. The van der Waals surface area contributed by atoms with Gasteiger partial charge in [0.1, 0.15) is 0 Å². The summed E-state index contributed by atoms with van der Waals surface area (Å²) in [5.74, 6) is 0. The summed E-state index contributed by atoms with van der Waals surface area (Å²) in [4.78, 5) is 2.43. The van der Waals surface area contributed by atoms with Crippen molar-refractivity contribution in [2.24, 2.45) is 0 Å². The molecule has 0 N–H and O–H groups in total. The molecule has 13 rings (SSSR count). The first kappa shape index (κ1) is 36.5. The standard InChI is InChI=1S/C60H39N3S/c1-4-17-43(18-5-1)61(46-32-33-51-49-23-10-13-28-55(49)63(58(51)39-46)45-21-8-3-9-22-45)47-36-41(35-42(37-47)48-26-16-27-53-52-25-12-15-30-59(52)64-60(48)53)40-31-34-57-54(38-40)50-24-11-14-29-56(50)62(57)44-19-6-2-7-20-44/h1-39H. The van der Waals surface area contributed by atoms with Crippen LogP contribution in [0.15, 0.2) is 237 Å². The van der Waals surface area contributed by atoms with Crippen LogP contribution in [0.1, 0.15) is 0 Å². The maximum Gasteiger partial charge on any atom is 0.0561 e. The third kappa shape index (κ3) is 5.81. The molecule has 0 amide bonds. The minimum absolute atomic E-state index is 1.09. The largest absolute Gasteiger partial charge is 0.310 e. The molecular formula is C60H39N3S. The van der Waals surface area contributed by atoms with Crippen molar-refractivity contribution < 1.29 is 0 Å². The van der Waals surface area contributed by atoms with E-state index in [1.54, 1.807) is 0 Å². The number of benzene rings is 10. The van der Waals surface area contributed by atoms with Crippen molar-refractivity contribution in [1.29, 1.82) is 0 Å². The van der Waals surface area contributed by atoms with E-state index in [-0.39, 0.29) is 0 Å². The SMILES string of the molecule is c1ccc(N(c2cc(-c3ccc4c(c3)c3ccccc3n4-c3ccccc3)cc(-c3cccc4c3sc3ccccc34)c2)c2ccc3c4ccccc4n(-c4ccccc4)c3c2)cc1. The van der Waals surface area contributed by atoms with E-state index in [2.05, 4.69) is 251 Å². The second-order valence-electron chi connectivity index (χ2n) is 16.5. The molecule has 10 aromatic carbocycles. The van der Waals surface area contributed by atoms with Crippen molar-refractivity contribution in [3.8, 4) is 33.6 Å². The third-order valence-electron chi connectivity index (χ3n) is 12.9. The lowest BCUT2D eigenvalue weighted by Gasteiger charge is -2.27. The summed E-state index contributed by atoms with van der Waals surface area (Å²) in [5.41, 5.74) is 15.0. The number of thiophene rings is 1. The summed E-state index contributed by atoms with van der Waals surface area (Å²) in [6.45, 7) is 0. The summed E-state index contributed by atoms with van der Waals surface area (Å²) in [6, 6.07) is 86.6. The van der Waals surface area contributed by atoms with Crippen LogP contribution in [0.5, 0.6) is 0 Å². The van der Waals surface area contributed by atoms with Gasteiger partial charge in [0, 0.05) is 70.2 Å². The number of anilines is 3. The van der Waals surface area contributed by atoms with E-state index in [0.717, 1.165) is 39.5 Å². The molecule has 0 atom stereocenters. The van der Waals surface area contributed by atoms with Crippen LogP contribution in [0.25, 0.3) is 97.4 Å². The lowest BCUT2D eigenvalue weighted by atomic mass is 9.95. The summed E-state index contributed by atoms with van der Waals surface area (Å²) < 4.78 is 7.39. The Hall–Kier alpha value is -8.18. The van der Waals surface area contributed by atoms with E-state index in [1.165, 1.54) is 75.0 Å². The molecule has 0 fully saturated rings. The monoisotopic (exact) mass is 833 g/mol. The fourth-order valence-electron chi connectivity index (χ4n) is 10.0. The molecule has 0 aliphatic carbocycles. The topological polar surface area (TPSA) is 13.1 Å². The Kier molecular flexibility index (Phi) is 8.40. The Morgan fingerprint density at radius 1 is 0.297 bits per heavy atom. The summed E-state index contributed by atoms with van der Waals surface area (Å²) in [7, 11) is 0. The van der Waals surface area contributed by atoms with Crippen molar-refractivity contribution in [2.45, 2.75) is 0 Å².